The molecule has 0 spiro atoms. The highest BCUT2D eigenvalue weighted by Gasteiger charge is 2.23. The van der Waals surface area contributed by atoms with E-state index in [1.807, 2.05) is 12.1 Å². The normalized spacial score (nSPS) is 13.6. The Kier molecular flexibility index (Phi) is 4.95. The average Bonchev–Trinajstić information content (AvgIpc) is 2.75. The number of hydrogen-bond acceptors (Lipinski definition) is 2. The summed E-state index contributed by atoms with van der Waals surface area (Å²) >= 11 is 12.4. The number of benzene rings is 1. The highest BCUT2D eigenvalue weighted by atomic mass is 35.5. The zero-order valence-electron chi connectivity index (χ0n) is 12.4. The topological polar surface area (TPSA) is 21.1 Å². The maximum atomic E-state index is 6.26. The Hall–Kier alpha value is -0.770. The van der Waals surface area contributed by atoms with Gasteiger partial charge in [-0.25, -0.2) is 4.98 Å². The highest BCUT2D eigenvalue weighted by Crippen LogP contribution is 2.30. The van der Waals surface area contributed by atoms with E-state index in [0.29, 0.717) is 22.9 Å². The lowest BCUT2D eigenvalue weighted by Gasteiger charge is -2.28. The predicted molar refractivity (Wildman–Crippen MR) is 86.7 cm³/mol. The Bertz CT molecular complexity index is 590. The maximum absolute atomic E-state index is 6.26. The van der Waals surface area contributed by atoms with E-state index in [2.05, 4.69) is 48.5 Å². The summed E-state index contributed by atoms with van der Waals surface area (Å²) in [5, 5.41) is 0.681. The zero-order valence-corrected chi connectivity index (χ0v) is 13.9. The first-order valence-electron chi connectivity index (χ1n) is 6.81. The van der Waals surface area contributed by atoms with Crippen LogP contribution in [-0.4, -0.2) is 35.1 Å². The molecule has 1 heterocycles. The van der Waals surface area contributed by atoms with Crippen LogP contribution in [0.15, 0.2) is 18.2 Å². The van der Waals surface area contributed by atoms with E-state index in [0.717, 1.165) is 23.4 Å². The summed E-state index contributed by atoms with van der Waals surface area (Å²) in [4.78, 5) is 6.82. The largest absolute Gasteiger partial charge is 0.322 e. The number of para-hydroxylation sites is 1. The monoisotopic (exact) mass is 313 g/mol. The van der Waals surface area contributed by atoms with Gasteiger partial charge in [-0.1, -0.05) is 31.5 Å². The van der Waals surface area contributed by atoms with Gasteiger partial charge in [0.25, 0.3) is 0 Å². The molecule has 0 bridgehead atoms. The van der Waals surface area contributed by atoms with Crippen molar-refractivity contribution >= 4 is 34.2 Å². The summed E-state index contributed by atoms with van der Waals surface area (Å²) < 4.78 is 2.25. The van der Waals surface area contributed by atoms with Crippen molar-refractivity contribution in [2.75, 3.05) is 20.6 Å². The van der Waals surface area contributed by atoms with Gasteiger partial charge in [0.1, 0.15) is 11.3 Å². The van der Waals surface area contributed by atoms with E-state index in [1.54, 1.807) is 0 Å². The molecule has 0 fully saturated rings. The van der Waals surface area contributed by atoms with Crippen molar-refractivity contribution in [1.29, 1.82) is 0 Å². The fraction of sp³-hybridized carbons (Fsp3) is 0.533. The SMILES string of the molecule is CC(C)C(CN(C)C)n1c(CCl)nc2c(Cl)cccc21. The first-order chi connectivity index (χ1) is 9.45. The van der Waals surface area contributed by atoms with Crippen LogP contribution < -0.4 is 0 Å². The molecule has 2 aromatic rings. The van der Waals surface area contributed by atoms with E-state index >= 15 is 0 Å². The third kappa shape index (κ3) is 2.95. The van der Waals surface area contributed by atoms with Crippen molar-refractivity contribution in [2.24, 2.45) is 5.92 Å². The summed E-state index contributed by atoms with van der Waals surface area (Å²) in [6.45, 7) is 5.39. The van der Waals surface area contributed by atoms with E-state index in [1.165, 1.54) is 0 Å². The van der Waals surface area contributed by atoms with Gasteiger partial charge in [-0.3, -0.25) is 0 Å². The van der Waals surface area contributed by atoms with Gasteiger partial charge in [0.15, 0.2) is 0 Å². The van der Waals surface area contributed by atoms with E-state index in [9.17, 15) is 0 Å². The molecule has 1 unspecified atom stereocenters. The Labute approximate surface area is 130 Å². The fourth-order valence-electron chi connectivity index (χ4n) is 2.56. The molecule has 20 heavy (non-hydrogen) atoms. The van der Waals surface area contributed by atoms with Crippen LogP contribution in [0.5, 0.6) is 0 Å². The second-order valence-corrected chi connectivity index (χ2v) is 6.39. The molecule has 1 aromatic carbocycles. The van der Waals surface area contributed by atoms with Crippen molar-refractivity contribution in [1.82, 2.24) is 14.5 Å². The zero-order chi connectivity index (χ0) is 14.9. The van der Waals surface area contributed by atoms with E-state index in [-0.39, 0.29) is 0 Å². The lowest BCUT2D eigenvalue weighted by Crippen LogP contribution is -2.29. The van der Waals surface area contributed by atoms with Crippen LogP contribution in [0, 0.1) is 5.92 Å². The van der Waals surface area contributed by atoms with E-state index < -0.39 is 0 Å². The Morgan fingerprint density at radius 2 is 2.00 bits per heavy atom. The predicted octanol–water partition coefficient (Wildman–Crippen LogP) is 4.19. The minimum Gasteiger partial charge on any atom is -0.322 e. The van der Waals surface area contributed by atoms with Gasteiger partial charge in [-0.2, -0.15) is 0 Å². The Morgan fingerprint density at radius 3 is 2.55 bits per heavy atom. The summed E-state index contributed by atoms with van der Waals surface area (Å²) in [7, 11) is 4.17. The molecule has 1 aromatic heterocycles. The number of hydrogen-bond donors (Lipinski definition) is 0. The number of rotatable bonds is 5. The van der Waals surface area contributed by atoms with Crippen molar-refractivity contribution in [3.63, 3.8) is 0 Å². The second kappa shape index (κ2) is 6.33. The average molecular weight is 314 g/mol. The number of halogens is 2. The molecule has 0 saturated carbocycles. The molecule has 0 aliphatic rings. The highest BCUT2D eigenvalue weighted by molar-refractivity contribution is 6.35. The Balaban J connectivity index is 2.63. The van der Waals surface area contributed by atoms with Gasteiger partial charge in [-0.05, 0) is 32.1 Å². The number of aromatic nitrogens is 2. The van der Waals surface area contributed by atoms with Crippen LogP contribution >= 0.6 is 23.2 Å². The number of likely N-dealkylation sites (N-methyl/N-ethyl adjacent to an activating group) is 1. The lowest BCUT2D eigenvalue weighted by molar-refractivity contribution is 0.270. The van der Waals surface area contributed by atoms with Crippen molar-refractivity contribution in [3.05, 3.63) is 29.0 Å². The molecule has 2 rings (SSSR count). The first-order valence-corrected chi connectivity index (χ1v) is 7.73. The third-order valence-electron chi connectivity index (χ3n) is 3.52. The number of alkyl halides is 1. The summed E-state index contributed by atoms with van der Waals surface area (Å²) in [5.74, 6) is 1.76. The molecule has 1 atom stereocenters. The van der Waals surface area contributed by atoms with Gasteiger partial charge in [0, 0.05) is 6.54 Å². The van der Waals surface area contributed by atoms with Crippen molar-refractivity contribution < 1.29 is 0 Å². The van der Waals surface area contributed by atoms with Gasteiger partial charge in [0.05, 0.1) is 22.5 Å². The minimum absolute atomic E-state index is 0.321. The molecule has 5 heteroatoms. The van der Waals surface area contributed by atoms with Crippen LogP contribution in [0.1, 0.15) is 25.7 Å². The van der Waals surface area contributed by atoms with Gasteiger partial charge < -0.3 is 9.47 Å². The standard InChI is InChI=1S/C15H21Cl2N3/c1-10(2)13(9-19(3)4)20-12-7-5-6-11(17)15(12)18-14(20)8-16/h5-7,10,13H,8-9H2,1-4H3. The molecule has 0 saturated heterocycles. The van der Waals surface area contributed by atoms with Crippen molar-refractivity contribution in [3.8, 4) is 0 Å². The molecule has 0 aliphatic carbocycles. The summed E-state index contributed by atoms with van der Waals surface area (Å²) in [6, 6.07) is 6.22. The molecule has 3 nitrogen and oxygen atoms in total. The molecular formula is C15H21Cl2N3. The molecule has 0 N–H and O–H groups in total. The fourth-order valence-corrected chi connectivity index (χ4v) is 2.96. The van der Waals surface area contributed by atoms with Crippen LogP contribution in [0.3, 0.4) is 0 Å². The second-order valence-electron chi connectivity index (χ2n) is 5.71. The molecule has 0 radical (unpaired) electrons. The third-order valence-corrected chi connectivity index (χ3v) is 4.06. The lowest BCUT2D eigenvalue weighted by atomic mass is 10.0. The van der Waals surface area contributed by atoms with Gasteiger partial charge in [0.2, 0.25) is 0 Å². The number of fused-ring (bicyclic) bond motifs is 1. The summed E-state index contributed by atoms with van der Waals surface area (Å²) in [5.41, 5.74) is 1.91. The first kappa shape index (κ1) is 15.6. The summed E-state index contributed by atoms with van der Waals surface area (Å²) in [6.07, 6.45) is 0. The maximum Gasteiger partial charge on any atom is 0.125 e. The minimum atomic E-state index is 0.321. The van der Waals surface area contributed by atoms with Gasteiger partial charge >= 0.3 is 0 Å². The molecule has 0 amide bonds. The smallest absolute Gasteiger partial charge is 0.125 e. The quantitative estimate of drug-likeness (QED) is 0.772. The van der Waals surface area contributed by atoms with Crippen LogP contribution in [-0.2, 0) is 5.88 Å². The van der Waals surface area contributed by atoms with Crippen molar-refractivity contribution in [2.45, 2.75) is 25.8 Å². The number of nitrogens with zero attached hydrogens (tertiary/aromatic N) is 3. The van der Waals surface area contributed by atoms with Crippen LogP contribution in [0.25, 0.3) is 11.0 Å². The number of imidazole rings is 1. The van der Waals surface area contributed by atoms with Crippen LogP contribution in [0.2, 0.25) is 5.02 Å². The van der Waals surface area contributed by atoms with Gasteiger partial charge in [-0.15, -0.1) is 11.6 Å². The molecule has 0 aliphatic heterocycles. The van der Waals surface area contributed by atoms with Crippen LogP contribution in [0.4, 0.5) is 0 Å². The molecular weight excluding hydrogens is 293 g/mol. The Morgan fingerprint density at radius 1 is 1.30 bits per heavy atom. The molecule has 110 valence electrons. The van der Waals surface area contributed by atoms with E-state index in [4.69, 9.17) is 23.2 Å².